The number of anilines is 1. The van der Waals surface area contributed by atoms with Crippen LogP contribution in [0.5, 0.6) is 0 Å². The van der Waals surface area contributed by atoms with Crippen molar-refractivity contribution in [3.05, 3.63) is 89.4 Å². The molecule has 4 aromatic rings. The van der Waals surface area contributed by atoms with Crippen LogP contribution < -0.4 is 5.32 Å². The minimum atomic E-state index is -0.158. The Balaban J connectivity index is 1.57. The highest BCUT2D eigenvalue weighted by molar-refractivity contribution is 7.99. The van der Waals surface area contributed by atoms with E-state index in [1.165, 1.54) is 11.8 Å². The van der Waals surface area contributed by atoms with Crippen molar-refractivity contribution in [2.45, 2.75) is 12.1 Å². The predicted molar refractivity (Wildman–Crippen MR) is 122 cm³/mol. The Morgan fingerprint density at radius 3 is 2.40 bits per heavy atom. The molecule has 1 N–H and O–H groups in total. The molecule has 0 aliphatic rings. The topological polar surface area (TPSA) is 59.8 Å². The van der Waals surface area contributed by atoms with Crippen molar-refractivity contribution in [1.29, 1.82) is 0 Å². The van der Waals surface area contributed by atoms with Crippen molar-refractivity contribution in [3.63, 3.8) is 0 Å². The van der Waals surface area contributed by atoms with Gasteiger partial charge in [0.25, 0.3) is 0 Å². The molecule has 0 unspecified atom stereocenters. The number of aromatic nitrogens is 3. The maximum absolute atomic E-state index is 12.5. The van der Waals surface area contributed by atoms with Crippen molar-refractivity contribution in [1.82, 2.24) is 14.8 Å². The first kappa shape index (κ1) is 20.2. The number of benzene rings is 3. The van der Waals surface area contributed by atoms with Crippen LogP contribution >= 0.6 is 23.4 Å². The number of carbonyl (C=O) groups is 1. The van der Waals surface area contributed by atoms with Crippen LogP contribution in [0.2, 0.25) is 5.02 Å². The molecule has 1 heterocycles. The van der Waals surface area contributed by atoms with E-state index < -0.39 is 0 Å². The van der Waals surface area contributed by atoms with Crippen LogP contribution in [-0.4, -0.2) is 26.4 Å². The summed E-state index contributed by atoms with van der Waals surface area (Å²) in [4.78, 5) is 12.5. The summed E-state index contributed by atoms with van der Waals surface area (Å²) in [5.41, 5.74) is 3.53. The van der Waals surface area contributed by atoms with Gasteiger partial charge in [-0.15, -0.1) is 10.2 Å². The smallest absolute Gasteiger partial charge is 0.234 e. The number of para-hydroxylation sites is 1. The zero-order valence-electron chi connectivity index (χ0n) is 16.2. The van der Waals surface area contributed by atoms with Crippen LogP contribution in [-0.2, 0) is 4.79 Å². The second-order valence-electron chi connectivity index (χ2n) is 6.66. The molecule has 1 aromatic heterocycles. The molecule has 3 aromatic carbocycles. The summed E-state index contributed by atoms with van der Waals surface area (Å²) in [6.45, 7) is 1.95. The lowest BCUT2D eigenvalue weighted by Gasteiger charge is -2.11. The molecule has 4 rings (SSSR count). The van der Waals surface area contributed by atoms with E-state index in [1.54, 1.807) is 6.07 Å². The summed E-state index contributed by atoms with van der Waals surface area (Å²) >= 11 is 7.55. The van der Waals surface area contributed by atoms with Crippen molar-refractivity contribution in [2.24, 2.45) is 0 Å². The van der Waals surface area contributed by atoms with Gasteiger partial charge in [-0.2, -0.15) is 0 Å². The van der Waals surface area contributed by atoms with Gasteiger partial charge in [-0.1, -0.05) is 78.0 Å². The van der Waals surface area contributed by atoms with E-state index in [9.17, 15) is 4.79 Å². The Morgan fingerprint density at radius 1 is 1.00 bits per heavy atom. The maximum atomic E-state index is 12.5. The fraction of sp³-hybridized carbons (Fsp3) is 0.0870. The third kappa shape index (κ3) is 4.56. The van der Waals surface area contributed by atoms with Crippen molar-refractivity contribution < 1.29 is 4.79 Å². The summed E-state index contributed by atoms with van der Waals surface area (Å²) in [6.07, 6.45) is 0. The van der Waals surface area contributed by atoms with E-state index in [0.717, 1.165) is 22.6 Å². The van der Waals surface area contributed by atoms with Gasteiger partial charge < -0.3 is 5.32 Å². The molecule has 0 saturated heterocycles. The van der Waals surface area contributed by atoms with Gasteiger partial charge in [0, 0.05) is 11.3 Å². The van der Waals surface area contributed by atoms with Crippen LogP contribution in [0.3, 0.4) is 0 Å². The number of aryl methyl sites for hydroxylation is 1. The summed E-state index contributed by atoms with van der Waals surface area (Å²) in [5.74, 6) is 0.755. The Kier molecular flexibility index (Phi) is 6.16. The van der Waals surface area contributed by atoms with E-state index in [1.807, 2.05) is 84.3 Å². The van der Waals surface area contributed by atoms with Gasteiger partial charge >= 0.3 is 0 Å². The highest BCUT2D eigenvalue weighted by Crippen LogP contribution is 2.28. The van der Waals surface area contributed by atoms with E-state index in [0.29, 0.717) is 15.9 Å². The molecule has 150 valence electrons. The van der Waals surface area contributed by atoms with E-state index in [2.05, 4.69) is 15.5 Å². The number of hydrogen-bond donors (Lipinski definition) is 1. The highest BCUT2D eigenvalue weighted by atomic mass is 35.5. The molecule has 0 fully saturated rings. The van der Waals surface area contributed by atoms with Gasteiger partial charge in [-0.25, -0.2) is 0 Å². The van der Waals surface area contributed by atoms with Gasteiger partial charge in [0.1, 0.15) is 0 Å². The summed E-state index contributed by atoms with van der Waals surface area (Å²) in [5, 5.41) is 12.8. The quantitative estimate of drug-likeness (QED) is 0.400. The molecule has 0 bridgehead atoms. The van der Waals surface area contributed by atoms with E-state index in [-0.39, 0.29) is 11.7 Å². The number of hydrogen-bond acceptors (Lipinski definition) is 4. The van der Waals surface area contributed by atoms with Crippen molar-refractivity contribution in [3.8, 4) is 17.1 Å². The number of thioether (sulfide) groups is 1. The lowest BCUT2D eigenvalue weighted by Crippen LogP contribution is -2.15. The number of amides is 1. The molecule has 7 heteroatoms. The standard InChI is InChI=1S/C23H19ClN4OS/c1-16-12-13-20(19(24)14-16)25-21(29)15-30-23-27-26-22(17-8-4-2-5-9-17)28(23)18-10-6-3-7-11-18/h2-14H,15H2,1H3,(H,25,29). The maximum Gasteiger partial charge on any atom is 0.234 e. The Labute approximate surface area is 184 Å². The molecule has 1 amide bonds. The average molecular weight is 435 g/mol. The summed E-state index contributed by atoms with van der Waals surface area (Å²) in [7, 11) is 0. The fourth-order valence-corrected chi connectivity index (χ4v) is 4.02. The molecule has 0 spiro atoms. The Hall–Kier alpha value is -3.09. The predicted octanol–water partition coefficient (Wildman–Crippen LogP) is 5.63. The summed E-state index contributed by atoms with van der Waals surface area (Å²) in [6, 6.07) is 25.3. The second-order valence-corrected chi connectivity index (χ2v) is 8.01. The van der Waals surface area contributed by atoms with E-state index >= 15 is 0 Å². The summed E-state index contributed by atoms with van der Waals surface area (Å²) < 4.78 is 1.96. The van der Waals surface area contributed by atoms with E-state index in [4.69, 9.17) is 11.6 Å². The Morgan fingerprint density at radius 2 is 1.70 bits per heavy atom. The molecule has 0 aliphatic carbocycles. The van der Waals surface area contributed by atoms with Gasteiger partial charge in [-0.05, 0) is 36.8 Å². The first-order chi connectivity index (χ1) is 14.6. The van der Waals surface area contributed by atoms with Crippen LogP contribution in [0.4, 0.5) is 5.69 Å². The highest BCUT2D eigenvalue weighted by Gasteiger charge is 2.17. The molecule has 0 saturated carbocycles. The van der Waals surface area contributed by atoms with Gasteiger partial charge in [0.15, 0.2) is 11.0 Å². The third-order valence-electron chi connectivity index (χ3n) is 4.41. The van der Waals surface area contributed by atoms with Gasteiger partial charge in [0.05, 0.1) is 16.5 Å². The van der Waals surface area contributed by atoms with Gasteiger partial charge in [0.2, 0.25) is 5.91 Å². The van der Waals surface area contributed by atoms with Crippen LogP contribution in [0.1, 0.15) is 5.56 Å². The number of halogens is 1. The lowest BCUT2D eigenvalue weighted by atomic mass is 10.2. The average Bonchev–Trinajstić information content (AvgIpc) is 3.19. The zero-order chi connectivity index (χ0) is 20.9. The minimum absolute atomic E-state index is 0.158. The molecular weight excluding hydrogens is 416 g/mol. The second kappa shape index (κ2) is 9.15. The molecule has 5 nitrogen and oxygen atoms in total. The van der Waals surface area contributed by atoms with Crippen molar-refractivity contribution in [2.75, 3.05) is 11.1 Å². The molecule has 0 radical (unpaired) electrons. The first-order valence-corrected chi connectivity index (χ1v) is 10.7. The SMILES string of the molecule is Cc1ccc(NC(=O)CSc2nnc(-c3ccccc3)n2-c2ccccc2)c(Cl)c1. The monoisotopic (exact) mass is 434 g/mol. The van der Waals surface area contributed by atoms with Gasteiger partial charge in [-0.3, -0.25) is 9.36 Å². The molecule has 0 aliphatic heterocycles. The molecular formula is C23H19ClN4OS. The van der Waals surface area contributed by atoms with Crippen molar-refractivity contribution >= 4 is 35.0 Å². The third-order valence-corrected chi connectivity index (χ3v) is 5.65. The largest absolute Gasteiger partial charge is 0.324 e. The number of nitrogens with zero attached hydrogens (tertiary/aromatic N) is 3. The molecule has 30 heavy (non-hydrogen) atoms. The zero-order valence-corrected chi connectivity index (χ0v) is 17.8. The van der Waals surface area contributed by atoms with Crippen LogP contribution in [0, 0.1) is 6.92 Å². The molecule has 0 atom stereocenters. The number of rotatable bonds is 6. The van der Waals surface area contributed by atoms with Crippen LogP contribution in [0.25, 0.3) is 17.1 Å². The first-order valence-electron chi connectivity index (χ1n) is 9.37. The lowest BCUT2D eigenvalue weighted by molar-refractivity contribution is -0.113. The Bertz CT molecular complexity index is 1160. The number of carbonyl (C=O) groups excluding carboxylic acids is 1. The normalized spacial score (nSPS) is 10.7. The number of nitrogens with one attached hydrogen (secondary N) is 1. The minimum Gasteiger partial charge on any atom is -0.324 e. The van der Waals surface area contributed by atoms with Crippen LogP contribution in [0.15, 0.2) is 84.0 Å². The fourth-order valence-electron chi connectivity index (χ4n) is 2.99.